The minimum Gasteiger partial charge on any atom is -0.478 e. The highest BCUT2D eigenvalue weighted by Gasteiger charge is 1.84. The lowest BCUT2D eigenvalue weighted by atomic mass is 10.2. The van der Waals surface area contributed by atoms with Crippen LogP contribution in [0.1, 0.15) is 26.2 Å². The quantitative estimate of drug-likeness (QED) is 0.460. The van der Waals surface area contributed by atoms with Gasteiger partial charge in [0.05, 0.1) is 6.08 Å². The van der Waals surface area contributed by atoms with Crippen LogP contribution in [0.4, 0.5) is 0 Å². The average molecular weight is 127 g/mol. The van der Waals surface area contributed by atoms with Crippen LogP contribution in [0.5, 0.6) is 0 Å². The molecule has 0 saturated heterocycles. The molecule has 0 aliphatic rings. The number of allylic oxidation sites excluding steroid dienone is 1. The van der Waals surface area contributed by atoms with Crippen molar-refractivity contribution in [3.05, 3.63) is 12.2 Å². The number of carboxylic acids is 1. The predicted octanol–water partition coefficient (Wildman–Crippen LogP) is 1.62. The molecule has 0 rings (SSSR count). The Kier molecular flexibility index (Phi) is 4.88. The van der Waals surface area contributed by atoms with Crippen molar-refractivity contribution in [3.63, 3.8) is 0 Å². The lowest BCUT2D eigenvalue weighted by Gasteiger charge is -1.84. The first-order valence-corrected chi connectivity index (χ1v) is 3.08. The molecule has 1 radical (unpaired) electrons. The zero-order chi connectivity index (χ0) is 7.11. The zero-order valence-electron chi connectivity index (χ0n) is 5.55. The Morgan fingerprint density at radius 1 is 1.78 bits per heavy atom. The van der Waals surface area contributed by atoms with E-state index < -0.39 is 5.97 Å². The molecule has 2 nitrogen and oxygen atoms in total. The van der Waals surface area contributed by atoms with E-state index >= 15 is 0 Å². The minimum atomic E-state index is -0.980. The molecule has 0 spiro atoms. The first kappa shape index (κ1) is 8.21. The second kappa shape index (κ2) is 5.35. The van der Waals surface area contributed by atoms with Crippen molar-refractivity contribution in [3.8, 4) is 0 Å². The Balaban J connectivity index is 3.15. The van der Waals surface area contributed by atoms with Crippen LogP contribution in [0.25, 0.3) is 0 Å². The molecule has 0 aliphatic heterocycles. The van der Waals surface area contributed by atoms with E-state index in [1.807, 2.05) is 0 Å². The highest BCUT2D eigenvalue weighted by molar-refractivity contribution is 5.75. The van der Waals surface area contributed by atoms with Gasteiger partial charge in [-0.15, -0.1) is 0 Å². The molecule has 0 atom stereocenters. The standard InChI is InChI=1S/C7H11O2/c1-2-3-4-5-6-7(8)9/h5H,2-4H2,1H3,(H,8,9). The van der Waals surface area contributed by atoms with Crippen LogP contribution in [0.15, 0.2) is 6.08 Å². The fraction of sp³-hybridized carbons (Fsp3) is 0.571. The van der Waals surface area contributed by atoms with Crippen molar-refractivity contribution in [1.29, 1.82) is 0 Å². The molecule has 0 aromatic carbocycles. The molecule has 0 aliphatic carbocycles. The smallest absolute Gasteiger partial charge is 0.336 e. The van der Waals surface area contributed by atoms with Gasteiger partial charge < -0.3 is 5.11 Å². The highest BCUT2D eigenvalue weighted by atomic mass is 16.4. The van der Waals surface area contributed by atoms with E-state index in [4.69, 9.17) is 5.11 Å². The summed E-state index contributed by atoms with van der Waals surface area (Å²) in [7, 11) is 0. The van der Waals surface area contributed by atoms with Gasteiger partial charge >= 0.3 is 5.97 Å². The van der Waals surface area contributed by atoms with Gasteiger partial charge in [0.25, 0.3) is 0 Å². The summed E-state index contributed by atoms with van der Waals surface area (Å²) in [6, 6.07) is 0. The summed E-state index contributed by atoms with van der Waals surface area (Å²) in [6.45, 7) is 2.06. The molecule has 0 unspecified atom stereocenters. The van der Waals surface area contributed by atoms with E-state index in [-0.39, 0.29) is 0 Å². The Labute approximate surface area is 55.2 Å². The summed E-state index contributed by atoms with van der Waals surface area (Å²) in [4.78, 5) is 9.82. The van der Waals surface area contributed by atoms with Gasteiger partial charge in [-0.05, 0) is 6.42 Å². The zero-order valence-corrected chi connectivity index (χ0v) is 5.55. The van der Waals surface area contributed by atoms with Gasteiger partial charge in [-0.3, -0.25) is 0 Å². The van der Waals surface area contributed by atoms with Crippen LogP contribution in [0, 0.1) is 6.08 Å². The number of rotatable bonds is 4. The molecule has 1 N–H and O–H groups in total. The molecule has 0 aromatic rings. The lowest BCUT2D eigenvalue weighted by molar-refractivity contribution is -0.132. The lowest BCUT2D eigenvalue weighted by Crippen LogP contribution is -1.86. The molecule has 0 saturated carbocycles. The number of carboxylic acid groups (broad SMARTS) is 1. The van der Waals surface area contributed by atoms with Gasteiger partial charge in [-0.2, -0.15) is 0 Å². The molecule has 51 valence electrons. The molecule has 0 aromatic heterocycles. The van der Waals surface area contributed by atoms with Gasteiger partial charge in [0.1, 0.15) is 0 Å². The number of unbranched alkanes of at least 4 members (excludes halogenated alkanes) is 2. The number of hydrogen-bond donors (Lipinski definition) is 1. The maximum atomic E-state index is 9.82. The molecule has 9 heavy (non-hydrogen) atoms. The van der Waals surface area contributed by atoms with Crippen molar-refractivity contribution in [2.45, 2.75) is 26.2 Å². The summed E-state index contributed by atoms with van der Waals surface area (Å²) >= 11 is 0. The summed E-state index contributed by atoms with van der Waals surface area (Å²) in [5, 5.41) is 8.07. The van der Waals surface area contributed by atoms with E-state index in [0.29, 0.717) is 0 Å². The second-order valence-electron chi connectivity index (χ2n) is 1.80. The third-order valence-corrected chi connectivity index (χ3v) is 0.928. The van der Waals surface area contributed by atoms with E-state index in [1.165, 1.54) is 0 Å². The van der Waals surface area contributed by atoms with Gasteiger partial charge in [0, 0.05) is 0 Å². The van der Waals surface area contributed by atoms with Crippen molar-refractivity contribution < 1.29 is 9.90 Å². The fourth-order valence-corrected chi connectivity index (χ4v) is 0.466. The van der Waals surface area contributed by atoms with Gasteiger partial charge in [0.2, 0.25) is 0 Å². The fourth-order valence-electron chi connectivity index (χ4n) is 0.466. The minimum absolute atomic E-state index is 0.822. The summed E-state index contributed by atoms with van der Waals surface area (Å²) in [5.74, 6) is -0.980. The summed E-state index contributed by atoms with van der Waals surface area (Å²) in [6.07, 6.45) is 6.69. The monoisotopic (exact) mass is 127 g/mol. The Hall–Kier alpha value is -0.790. The van der Waals surface area contributed by atoms with Crippen LogP contribution in [0.3, 0.4) is 0 Å². The van der Waals surface area contributed by atoms with Crippen molar-refractivity contribution in [1.82, 2.24) is 0 Å². The molecule has 0 fully saturated rings. The van der Waals surface area contributed by atoms with Gasteiger partial charge in [-0.25, -0.2) is 4.79 Å². The van der Waals surface area contributed by atoms with Crippen LogP contribution in [-0.4, -0.2) is 11.1 Å². The predicted molar refractivity (Wildman–Crippen MR) is 35.0 cm³/mol. The van der Waals surface area contributed by atoms with Crippen molar-refractivity contribution in [2.24, 2.45) is 0 Å². The van der Waals surface area contributed by atoms with Crippen molar-refractivity contribution >= 4 is 5.97 Å². The van der Waals surface area contributed by atoms with Gasteiger partial charge in [-0.1, -0.05) is 25.8 Å². The average Bonchev–Trinajstić information content (AvgIpc) is 1.80. The normalized spacial score (nSPS) is 10.3. The number of carbonyl (C=O) groups is 1. The maximum absolute atomic E-state index is 9.82. The third kappa shape index (κ3) is 7.21. The SMILES string of the molecule is CCCC/C=[C]\C(=O)O. The van der Waals surface area contributed by atoms with Crippen molar-refractivity contribution in [2.75, 3.05) is 0 Å². The van der Waals surface area contributed by atoms with E-state index in [2.05, 4.69) is 13.0 Å². The maximum Gasteiger partial charge on any atom is 0.336 e. The van der Waals surface area contributed by atoms with Gasteiger partial charge in [0.15, 0.2) is 0 Å². The molecule has 0 amide bonds. The first-order valence-electron chi connectivity index (χ1n) is 3.08. The van der Waals surface area contributed by atoms with E-state index in [1.54, 1.807) is 6.08 Å². The molecule has 2 heteroatoms. The molecule has 0 bridgehead atoms. The Morgan fingerprint density at radius 3 is 2.89 bits per heavy atom. The van der Waals surface area contributed by atoms with E-state index in [0.717, 1.165) is 19.3 Å². The van der Waals surface area contributed by atoms with E-state index in [9.17, 15) is 4.79 Å². The number of hydrogen-bond acceptors (Lipinski definition) is 1. The van der Waals surface area contributed by atoms with Crippen LogP contribution >= 0.6 is 0 Å². The second-order valence-corrected chi connectivity index (χ2v) is 1.80. The van der Waals surface area contributed by atoms with Crippen LogP contribution < -0.4 is 0 Å². The third-order valence-electron chi connectivity index (χ3n) is 0.928. The molecule has 0 heterocycles. The topological polar surface area (TPSA) is 37.3 Å². The highest BCUT2D eigenvalue weighted by Crippen LogP contribution is 1.93. The number of aliphatic carboxylic acids is 1. The Bertz CT molecular complexity index is 105. The largest absolute Gasteiger partial charge is 0.478 e. The first-order chi connectivity index (χ1) is 4.27. The van der Waals surface area contributed by atoms with Crippen LogP contribution in [-0.2, 0) is 4.79 Å². The summed E-state index contributed by atoms with van der Waals surface area (Å²) < 4.78 is 0. The summed E-state index contributed by atoms with van der Waals surface area (Å²) in [5.41, 5.74) is 0. The molecular weight excluding hydrogens is 116 g/mol. The Morgan fingerprint density at radius 2 is 2.44 bits per heavy atom. The molecular formula is C7H11O2. The van der Waals surface area contributed by atoms with Crippen LogP contribution in [0.2, 0.25) is 0 Å².